The lowest BCUT2D eigenvalue weighted by Gasteiger charge is -2.26. The normalized spacial score (nSPS) is 18.2. The van der Waals surface area contributed by atoms with Crippen molar-refractivity contribution in [2.24, 2.45) is 0 Å². The summed E-state index contributed by atoms with van der Waals surface area (Å²) in [6.45, 7) is 0.761. The van der Waals surface area contributed by atoms with E-state index >= 15 is 0 Å². The summed E-state index contributed by atoms with van der Waals surface area (Å²) in [5.41, 5.74) is 1.73. The molecule has 1 aromatic heterocycles. The number of benzene rings is 1. The number of aliphatic carboxylic acids is 1. The fraction of sp³-hybridized carbons (Fsp3) is 0.350. The molecule has 2 atom stereocenters. The average Bonchev–Trinajstić information content (AvgIpc) is 3.07. The number of aromatic nitrogens is 1. The molecule has 2 aromatic rings. The molecule has 0 unspecified atom stereocenters. The highest BCUT2D eigenvalue weighted by atomic mass is 19.4. The van der Waals surface area contributed by atoms with Crippen LogP contribution >= 0.6 is 0 Å². The van der Waals surface area contributed by atoms with Crippen molar-refractivity contribution in [1.82, 2.24) is 15.2 Å². The maximum atomic E-state index is 13.2. The Kier molecular flexibility index (Phi) is 8.31. The first-order valence-corrected chi connectivity index (χ1v) is 9.24. The topological polar surface area (TPSA) is 103 Å². The van der Waals surface area contributed by atoms with Gasteiger partial charge in [-0.1, -0.05) is 12.1 Å². The van der Waals surface area contributed by atoms with Crippen molar-refractivity contribution in [3.63, 3.8) is 0 Å². The Morgan fingerprint density at radius 1 is 1.16 bits per heavy atom. The molecule has 0 radical (unpaired) electrons. The van der Waals surface area contributed by atoms with Crippen LogP contribution in [0.25, 0.3) is 0 Å². The number of rotatable bonds is 4. The van der Waals surface area contributed by atoms with E-state index < -0.39 is 18.2 Å². The molecule has 3 rings (SSSR count). The number of urea groups is 1. The van der Waals surface area contributed by atoms with Crippen LogP contribution in [0.3, 0.4) is 0 Å². The van der Waals surface area contributed by atoms with Gasteiger partial charge in [0.25, 0.3) is 0 Å². The van der Waals surface area contributed by atoms with Crippen LogP contribution < -0.4 is 5.32 Å². The van der Waals surface area contributed by atoms with Crippen LogP contribution in [-0.4, -0.2) is 57.0 Å². The van der Waals surface area contributed by atoms with Crippen molar-refractivity contribution in [2.45, 2.75) is 37.7 Å². The SMILES string of the molecule is O=C(NCc1cccc(F)c1)N1CC[C@H](O)[C@@H]1Cc1ccncc1.O=C(O)C(F)(F)F. The highest BCUT2D eigenvalue weighted by molar-refractivity contribution is 5.75. The number of aliphatic hydroxyl groups excluding tert-OH is 1. The first-order valence-electron chi connectivity index (χ1n) is 9.24. The highest BCUT2D eigenvalue weighted by Crippen LogP contribution is 2.22. The van der Waals surface area contributed by atoms with Crippen LogP contribution in [0.2, 0.25) is 0 Å². The number of alkyl halides is 3. The molecule has 1 saturated heterocycles. The first-order chi connectivity index (χ1) is 14.6. The molecule has 31 heavy (non-hydrogen) atoms. The van der Waals surface area contributed by atoms with Gasteiger partial charge in [0.1, 0.15) is 5.82 Å². The predicted molar refractivity (Wildman–Crippen MR) is 101 cm³/mol. The van der Waals surface area contributed by atoms with E-state index in [-0.39, 0.29) is 24.4 Å². The molecule has 7 nitrogen and oxygen atoms in total. The fourth-order valence-electron chi connectivity index (χ4n) is 3.02. The van der Waals surface area contributed by atoms with E-state index in [9.17, 15) is 27.5 Å². The Bertz CT molecular complexity index is 880. The molecule has 1 aromatic carbocycles. The van der Waals surface area contributed by atoms with Gasteiger partial charge in [0, 0.05) is 25.5 Å². The lowest BCUT2D eigenvalue weighted by molar-refractivity contribution is -0.192. The van der Waals surface area contributed by atoms with E-state index in [4.69, 9.17) is 9.90 Å². The summed E-state index contributed by atoms with van der Waals surface area (Å²) in [6, 6.07) is 9.40. The number of amides is 2. The summed E-state index contributed by atoms with van der Waals surface area (Å²) >= 11 is 0. The number of nitrogens with zero attached hydrogens (tertiary/aromatic N) is 2. The Morgan fingerprint density at radius 3 is 2.39 bits per heavy atom. The lowest BCUT2D eigenvalue weighted by Crippen LogP contribution is -2.46. The molecule has 1 aliphatic heterocycles. The van der Waals surface area contributed by atoms with Crippen LogP contribution in [0.5, 0.6) is 0 Å². The number of hydrogen-bond acceptors (Lipinski definition) is 4. The molecule has 3 N–H and O–H groups in total. The summed E-state index contributed by atoms with van der Waals surface area (Å²) in [7, 11) is 0. The minimum atomic E-state index is -5.08. The van der Waals surface area contributed by atoms with Crippen LogP contribution in [0.15, 0.2) is 48.8 Å². The zero-order valence-electron chi connectivity index (χ0n) is 16.2. The van der Waals surface area contributed by atoms with E-state index in [2.05, 4.69) is 10.3 Å². The Morgan fingerprint density at radius 2 is 1.81 bits per heavy atom. The van der Waals surface area contributed by atoms with Gasteiger partial charge in [-0.25, -0.2) is 14.0 Å². The van der Waals surface area contributed by atoms with E-state index in [1.165, 1.54) is 12.1 Å². The zero-order chi connectivity index (χ0) is 23.0. The van der Waals surface area contributed by atoms with E-state index in [0.717, 1.165) is 5.56 Å². The van der Waals surface area contributed by atoms with Crippen molar-refractivity contribution in [1.29, 1.82) is 0 Å². The highest BCUT2D eigenvalue weighted by Gasteiger charge is 2.38. The minimum absolute atomic E-state index is 0.241. The van der Waals surface area contributed by atoms with E-state index in [1.807, 2.05) is 12.1 Å². The molecule has 11 heteroatoms. The maximum Gasteiger partial charge on any atom is 0.490 e. The molecule has 0 saturated carbocycles. The molecule has 0 aliphatic carbocycles. The molecular weight excluding hydrogens is 422 g/mol. The van der Waals surface area contributed by atoms with Gasteiger partial charge in [-0.05, 0) is 48.2 Å². The average molecular weight is 443 g/mol. The Hall–Kier alpha value is -3.21. The van der Waals surface area contributed by atoms with Crippen molar-refractivity contribution in [3.8, 4) is 0 Å². The quantitative estimate of drug-likeness (QED) is 0.631. The number of halogens is 4. The van der Waals surface area contributed by atoms with Crippen LogP contribution in [-0.2, 0) is 17.8 Å². The van der Waals surface area contributed by atoms with E-state index in [0.29, 0.717) is 24.9 Å². The molecule has 1 fully saturated rings. The summed E-state index contributed by atoms with van der Waals surface area (Å²) in [5.74, 6) is -3.08. The van der Waals surface area contributed by atoms with Gasteiger partial charge in [0.05, 0.1) is 12.1 Å². The summed E-state index contributed by atoms with van der Waals surface area (Å²) in [6.07, 6.45) is -1.09. The second kappa shape index (κ2) is 10.7. The lowest BCUT2D eigenvalue weighted by atomic mass is 10.0. The Labute approximate surface area is 175 Å². The maximum absolute atomic E-state index is 13.2. The standard InChI is InChI=1S/C18H20FN3O2.C2HF3O2/c19-15-3-1-2-14(10-15)12-21-18(24)22-9-6-17(23)16(22)11-13-4-7-20-8-5-13;3-2(4,5)1(6)7/h1-5,7-8,10,16-17,23H,6,9,11-12H2,(H,21,24);(H,6,7)/t16-,17-;/m0./s1. The fourth-order valence-corrected chi connectivity index (χ4v) is 3.02. The van der Waals surface area contributed by atoms with Gasteiger partial charge in [-0.15, -0.1) is 0 Å². The van der Waals surface area contributed by atoms with Crippen LogP contribution in [0, 0.1) is 5.82 Å². The molecule has 2 amide bonds. The van der Waals surface area contributed by atoms with Gasteiger partial charge in [0.15, 0.2) is 0 Å². The molecular formula is C20H21F4N3O4. The van der Waals surface area contributed by atoms with Crippen LogP contribution in [0.1, 0.15) is 17.5 Å². The Balaban J connectivity index is 0.000000423. The first kappa shape index (κ1) is 24.1. The number of aliphatic hydroxyl groups is 1. The number of carboxylic acids is 1. The molecule has 168 valence electrons. The molecule has 1 aliphatic rings. The number of carbonyl (C=O) groups is 2. The van der Waals surface area contributed by atoms with Crippen molar-refractivity contribution in [2.75, 3.05) is 6.54 Å². The molecule has 0 bridgehead atoms. The molecule has 2 heterocycles. The monoisotopic (exact) mass is 443 g/mol. The number of nitrogens with one attached hydrogen (secondary N) is 1. The smallest absolute Gasteiger partial charge is 0.475 e. The summed E-state index contributed by atoms with van der Waals surface area (Å²) in [5, 5.41) is 20.1. The number of pyridine rings is 1. The third kappa shape index (κ3) is 7.52. The zero-order valence-corrected chi connectivity index (χ0v) is 16.2. The third-order valence-electron chi connectivity index (χ3n) is 4.54. The summed E-state index contributed by atoms with van der Waals surface area (Å²) < 4.78 is 44.9. The predicted octanol–water partition coefficient (Wildman–Crippen LogP) is 2.74. The van der Waals surface area contributed by atoms with Gasteiger partial charge >= 0.3 is 18.2 Å². The second-order valence-corrected chi connectivity index (χ2v) is 6.77. The second-order valence-electron chi connectivity index (χ2n) is 6.77. The third-order valence-corrected chi connectivity index (χ3v) is 4.54. The number of hydrogen-bond donors (Lipinski definition) is 3. The van der Waals surface area contributed by atoms with Gasteiger partial charge in [-0.3, -0.25) is 4.98 Å². The van der Waals surface area contributed by atoms with Crippen LogP contribution in [0.4, 0.5) is 22.4 Å². The van der Waals surface area contributed by atoms with Gasteiger partial charge in [-0.2, -0.15) is 13.2 Å². The van der Waals surface area contributed by atoms with Crippen molar-refractivity contribution in [3.05, 3.63) is 65.7 Å². The number of likely N-dealkylation sites (tertiary alicyclic amines) is 1. The number of carboxylic acid groups (broad SMARTS) is 1. The van der Waals surface area contributed by atoms with Gasteiger partial charge in [0.2, 0.25) is 0 Å². The van der Waals surface area contributed by atoms with Gasteiger partial charge < -0.3 is 20.4 Å². The van der Waals surface area contributed by atoms with E-state index in [1.54, 1.807) is 29.4 Å². The largest absolute Gasteiger partial charge is 0.490 e. The molecule has 0 spiro atoms. The number of carbonyl (C=O) groups excluding carboxylic acids is 1. The van der Waals surface area contributed by atoms with Crippen molar-refractivity contribution >= 4 is 12.0 Å². The minimum Gasteiger partial charge on any atom is -0.475 e. The summed E-state index contributed by atoms with van der Waals surface area (Å²) in [4.78, 5) is 27.0. The van der Waals surface area contributed by atoms with Crippen molar-refractivity contribution < 1.29 is 37.4 Å².